The summed E-state index contributed by atoms with van der Waals surface area (Å²) in [6.45, 7) is 2.73. The van der Waals surface area contributed by atoms with Gasteiger partial charge in [0.1, 0.15) is 6.04 Å². The lowest BCUT2D eigenvalue weighted by Crippen LogP contribution is -2.54. The highest BCUT2D eigenvalue weighted by Crippen LogP contribution is 2.29. The van der Waals surface area contributed by atoms with Crippen LogP contribution in [-0.2, 0) is 14.3 Å². The zero-order valence-electron chi connectivity index (χ0n) is 14.6. The molecule has 4 amide bonds. The van der Waals surface area contributed by atoms with Crippen LogP contribution in [0.5, 0.6) is 0 Å². The van der Waals surface area contributed by atoms with Crippen molar-refractivity contribution in [3.63, 3.8) is 0 Å². The van der Waals surface area contributed by atoms with Gasteiger partial charge in [-0.05, 0) is 24.6 Å². The van der Waals surface area contributed by atoms with E-state index in [-0.39, 0.29) is 35.9 Å². The van der Waals surface area contributed by atoms with Crippen molar-refractivity contribution in [2.24, 2.45) is 0 Å². The molecule has 27 heavy (non-hydrogen) atoms. The lowest BCUT2D eigenvalue weighted by Gasteiger charge is -2.27. The molecule has 0 spiro atoms. The number of nitrogens with zero attached hydrogens (tertiary/aromatic N) is 1. The van der Waals surface area contributed by atoms with Gasteiger partial charge in [-0.15, -0.1) is 0 Å². The van der Waals surface area contributed by atoms with Crippen LogP contribution in [-0.4, -0.2) is 66.9 Å². The maximum Gasteiger partial charge on any atom is 0.262 e. The van der Waals surface area contributed by atoms with Crippen molar-refractivity contribution in [1.82, 2.24) is 15.5 Å². The van der Waals surface area contributed by atoms with Gasteiger partial charge in [0.2, 0.25) is 11.8 Å². The minimum absolute atomic E-state index is 0.104. The van der Waals surface area contributed by atoms with Crippen molar-refractivity contribution in [2.75, 3.05) is 31.6 Å². The Hall–Kier alpha value is -2.78. The second-order valence-electron chi connectivity index (χ2n) is 6.81. The van der Waals surface area contributed by atoms with Crippen LogP contribution in [0.1, 0.15) is 33.6 Å². The second-order valence-corrected chi connectivity index (χ2v) is 6.81. The van der Waals surface area contributed by atoms with Crippen molar-refractivity contribution >= 4 is 29.3 Å². The van der Waals surface area contributed by atoms with Crippen molar-refractivity contribution in [2.45, 2.75) is 24.9 Å². The highest BCUT2D eigenvalue weighted by atomic mass is 16.5. The van der Waals surface area contributed by atoms with Gasteiger partial charge in [0, 0.05) is 31.2 Å². The molecule has 2 unspecified atom stereocenters. The Morgan fingerprint density at radius 1 is 1.15 bits per heavy atom. The molecule has 142 valence electrons. The number of fused-ring (bicyclic) bond motifs is 1. The average Bonchev–Trinajstić information content (AvgIpc) is 2.92. The normalized spacial score (nSPS) is 25.4. The Labute approximate surface area is 155 Å². The number of carbonyl (C=O) groups is 4. The SMILES string of the molecule is O=C1CCC(N2C(=O)c3ccc(NCC4COCCN4)cc3C2=O)C(=O)N1. The van der Waals surface area contributed by atoms with Crippen LogP contribution in [0, 0.1) is 0 Å². The molecular weight excluding hydrogens is 352 g/mol. The fourth-order valence-corrected chi connectivity index (χ4v) is 3.57. The van der Waals surface area contributed by atoms with Gasteiger partial charge in [-0.1, -0.05) is 0 Å². The molecule has 2 saturated heterocycles. The molecule has 0 radical (unpaired) electrons. The van der Waals surface area contributed by atoms with Gasteiger partial charge in [-0.2, -0.15) is 0 Å². The van der Waals surface area contributed by atoms with Crippen LogP contribution < -0.4 is 16.0 Å². The summed E-state index contributed by atoms with van der Waals surface area (Å²) in [6.07, 6.45) is 0.252. The van der Waals surface area contributed by atoms with E-state index in [1.165, 1.54) is 0 Å². The molecule has 9 heteroatoms. The van der Waals surface area contributed by atoms with Crippen molar-refractivity contribution in [1.29, 1.82) is 0 Å². The summed E-state index contributed by atoms with van der Waals surface area (Å²) >= 11 is 0. The molecule has 3 aliphatic heterocycles. The number of hydrogen-bond acceptors (Lipinski definition) is 7. The van der Waals surface area contributed by atoms with E-state index in [9.17, 15) is 19.2 Å². The van der Waals surface area contributed by atoms with Gasteiger partial charge in [0.15, 0.2) is 0 Å². The maximum absolute atomic E-state index is 12.8. The Bertz CT molecular complexity index is 818. The first-order valence-electron chi connectivity index (χ1n) is 8.95. The molecule has 3 aliphatic rings. The van der Waals surface area contributed by atoms with Gasteiger partial charge >= 0.3 is 0 Å². The Kier molecular flexibility index (Phi) is 4.63. The highest BCUT2D eigenvalue weighted by molar-refractivity contribution is 6.23. The quantitative estimate of drug-likeness (QED) is 0.610. The van der Waals surface area contributed by atoms with E-state index in [0.29, 0.717) is 25.4 Å². The fraction of sp³-hybridized carbons (Fsp3) is 0.444. The van der Waals surface area contributed by atoms with Gasteiger partial charge < -0.3 is 15.4 Å². The third-order valence-corrected chi connectivity index (χ3v) is 4.99. The first-order chi connectivity index (χ1) is 13.0. The fourth-order valence-electron chi connectivity index (χ4n) is 3.57. The molecule has 9 nitrogen and oxygen atoms in total. The third-order valence-electron chi connectivity index (χ3n) is 4.99. The molecule has 2 atom stereocenters. The van der Waals surface area contributed by atoms with Crippen LogP contribution in [0.15, 0.2) is 18.2 Å². The van der Waals surface area contributed by atoms with Gasteiger partial charge in [0.05, 0.1) is 24.3 Å². The van der Waals surface area contributed by atoms with Crippen molar-refractivity contribution in [3.8, 4) is 0 Å². The predicted octanol–water partition coefficient (Wildman–Crippen LogP) is -0.512. The summed E-state index contributed by atoms with van der Waals surface area (Å²) < 4.78 is 5.40. The third kappa shape index (κ3) is 3.31. The number of morpholine rings is 1. The summed E-state index contributed by atoms with van der Waals surface area (Å²) in [6, 6.07) is 4.18. The van der Waals surface area contributed by atoms with E-state index in [0.717, 1.165) is 11.4 Å². The molecule has 1 aromatic rings. The van der Waals surface area contributed by atoms with Crippen LogP contribution in [0.4, 0.5) is 5.69 Å². The minimum Gasteiger partial charge on any atom is -0.383 e. The average molecular weight is 372 g/mol. The van der Waals surface area contributed by atoms with Gasteiger partial charge in [-0.3, -0.25) is 29.4 Å². The number of nitrogens with one attached hydrogen (secondary N) is 3. The van der Waals surface area contributed by atoms with E-state index in [4.69, 9.17) is 4.74 Å². The van der Waals surface area contributed by atoms with Crippen molar-refractivity contribution in [3.05, 3.63) is 29.3 Å². The van der Waals surface area contributed by atoms with Gasteiger partial charge in [0.25, 0.3) is 11.8 Å². The largest absolute Gasteiger partial charge is 0.383 e. The molecule has 2 fully saturated rings. The first kappa shape index (κ1) is 17.6. The lowest BCUT2D eigenvalue weighted by atomic mass is 10.0. The summed E-state index contributed by atoms with van der Waals surface area (Å²) in [4.78, 5) is 49.8. The zero-order valence-corrected chi connectivity index (χ0v) is 14.6. The number of carbonyl (C=O) groups excluding carboxylic acids is 4. The number of rotatable bonds is 4. The molecule has 3 heterocycles. The smallest absolute Gasteiger partial charge is 0.262 e. The molecule has 0 aromatic heterocycles. The zero-order chi connectivity index (χ0) is 19.0. The van der Waals surface area contributed by atoms with Gasteiger partial charge in [-0.25, -0.2) is 0 Å². The van der Waals surface area contributed by atoms with E-state index in [1.54, 1.807) is 18.2 Å². The lowest BCUT2D eigenvalue weighted by molar-refractivity contribution is -0.136. The molecule has 0 saturated carbocycles. The Morgan fingerprint density at radius 3 is 2.70 bits per heavy atom. The standard InChI is InChI=1S/C18H20N4O5/c23-15-4-3-14(16(24)21-15)22-17(25)12-2-1-10(7-13(12)18(22)26)20-8-11-9-27-6-5-19-11/h1-2,7,11,14,19-20H,3-6,8-9H2,(H,21,23,24). The van der Waals surface area contributed by atoms with Crippen LogP contribution >= 0.6 is 0 Å². The van der Waals surface area contributed by atoms with E-state index in [1.807, 2.05) is 0 Å². The Balaban J connectivity index is 1.49. The number of imide groups is 2. The predicted molar refractivity (Wildman–Crippen MR) is 94.2 cm³/mol. The molecule has 0 bridgehead atoms. The molecule has 0 aliphatic carbocycles. The van der Waals surface area contributed by atoms with E-state index in [2.05, 4.69) is 16.0 Å². The number of anilines is 1. The maximum atomic E-state index is 12.8. The number of hydrogen-bond donors (Lipinski definition) is 3. The topological polar surface area (TPSA) is 117 Å². The second kappa shape index (κ2) is 7.09. The summed E-state index contributed by atoms with van der Waals surface area (Å²) in [5, 5.41) is 8.75. The molecular formula is C18H20N4O5. The molecule has 1 aromatic carbocycles. The first-order valence-corrected chi connectivity index (χ1v) is 8.95. The minimum atomic E-state index is -0.949. The highest BCUT2D eigenvalue weighted by Gasteiger charge is 2.44. The molecule has 4 rings (SSSR count). The monoisotopic (exact) mass is 372 g/mol. The molecule has 3 N–H and O–H groups in total. The van der Waals surface area contributed by atoms with E-state index >= 15 is 0 Å². The number of amides is 4. The summed E-state index contributed by atoms with van der Waals surface area (Å²) in [5.41, 5.74) is 1.25. The van der Waals surface area contributed by atoms with Crippen LogP contribution in [0.3, 0.4) is 0 Å². The van der Waals surface area contributed by atoms with Crippen LogP contribution in [0.25, 0.3) is 0 Å². The summed E-state index contributed by atoms with van der Waals surface area (Å²) in [7, 11) is 0. The van der Waals surface area contributed by atoms with E-state index < -0.39 is 23.8 Å². The number of benzene rings is 1. The summed E-state index contributed by atoms with van der Waals surface area (Å²) in [5.74, 6) is -2.01. The Morgan fingerprint density at radius 2 is 1.96 bits per heavy atom. The number of piperidine rings is 1. The van der Waals surface area contributed by atoms with Crippen LogP contribution in [0.2, 0.25) is 0 Å². The van der Waals surface area contributed by atoms with Crippen molar-refractivity contribution < 1.29 is 23.9 Å². The number of ether oxygens (including phenoxy) is 1.